The summed E-state index contributed by atoms with van der Waals surface area (Å²) in [4.78, 5) is 0. The molecular formula is C27H38O3. The normalized spacial score (nSPS) is 30.8. The Hall–Kier alpha value is -1.68. The fourth-order valence-corrected chi connectivity index (χ4v) is 4.95. The third-order valence-electron chi connectivity index (χ3n) is 6.89. The molecule has 3 heteroatoms. The van der Waals surface area contributed by atoms with Crippen LogP contribution in [0.4, 0.5) is 0 Å². The predicted molar refractivity (Wildman–Crippen MR) is 123 cm³/mol. The van der Waals surface area contributed by atoms with Crippen molar-refractivity contribution in [2.45, 2.75) is 89.4 Å². The van der Waals surface area contributed by atoms with Crippen LogP contribution in [0.2, 0.25) is 0 Å². The number of benzene rings is 1. The number of allylic oxidation sites excluding steroid dienone is 3. The molecule has 0 bridgehead atoms. The van der Waals surface area contributed by atoms with E-state index in [9.17, 15) is 15.3 Å². The van der Waals surface area contributed by atoms with Crippen LogP contribution in [-0.4, -0.2) is 33.1 Å². The molecule has 2 saturated carbocycles. The Morgan fingerprint density at radius 3 is 2.63 bits per heavy atom. The zero-order chi connectivity index (χ0) is 21.9. The first-order chi connectivity index (χ1) is 14.2. The molecule has 3 nitrogen and oxygen atoms in total. The van der Waals surface area contributed by atoms with Gasteiger partial charge in [0.1, 0.15) is 0 Å². The van der Waals surface area contributed by atoms with E-state index in [1.807, 2.05) is 13.8 Å². The molecule has 2 aliphatic rings. The molecule has 0 heterocycles. The van der Waals surface area contributed by atoms with Crippen molar-refractivity contribution in [3.05, 3.63) is 70.8 Å². The fraction of sp³-hybridized carbons (Fsp3) is 0.556. The summed E-state index contributed by atoms with van der Waals surface area (Å²) < 4.78 is 0. The SMILES string of the molecule is C=C1/C(=C\C=C2/CCC[C@H](c3ccccc3CCC(C)(C)O)[C@H]2C)C[C@@H](O)C[C@@H]1O. The van der Waals surface area contributed by atoms with Crippen LogP contribution in [-0.2, 0) is 6.42 Å². The topological polar surface area (TPSA) is 60.7 Å². The van der Waals surface area contributed by atoms with Crippen molar-refractivity contribution >= 4 is 0 Å². The van der Waals surface area contributed by atoms with Gasteiger partial charge < -0.3 is 15.3 Å². The van der Waals surface area contributed by atoms with Gasteiger partial charge in [-0.15, -0.1) is 0 Å². The Labute approximate surface area is 181 Å². The molecule has 0 aromatic heterocycles. The largest absolute Gasteiger partial charge is 0.393 e. The van der Waals surface area contributed by atoms with Crippen molar-refractivity contribution in [2.75, 3.05) is 0 Å². The fourth-order valence-electron chi connectivity index (χ4n) is 4.95. The van der Waals surface area contributed by atoms with E-state index < -0.39 is 17.8 Å². The van der Waals surface area contributed by atoms with Gasteiger partial charge in [0.15, 0.2) is 0 Å². The average molecular weight is 411 g/mol. The van der Waals surface area contributed by atoms with E-state index in [0.717, 1.165) is 36.8 Å². The molecule has 164 valence electrons. The second kappa shape index (κ2) is 9.64. The van der Waals surface area contributed by atoms with Gasteiger partial charge in [0, 0.05) is 6.42 Å². The summed E-state index contributed by atoms with van der Waals surface area (Å²) >= 11 is 0. The quantitative estimate of drug-likeness (QED) is 0.624. The highest BCUT2D eigenvalue weighted by molar-refractivity contribution is 5.39. The molecule has 1 aromatic rings. The van der Waals surface area contributed by atoms with E-state index in [4.69, 9.17) is 0 Å². The highest BCUT2D eigenvalue weighted by Crippen LogP contribution is 2.42. The van der Waals surface area contributed by atoms with Crippen molar-refractivity contribution in [2.24, 2.45) is 5.92 Å². The van der Waals surface area contributed by atoms with Gasteiger partial charge in [-0.2, -0.15) is 0 Å². The van der Waals surface area contributed by atoms with E-state index in [2.05, 4.69) is 49.9 Å². The van der Waals surface area contributed by atoms with Gasteiger partial charge in [-0.1, -0.05) is 55.5 Å². The molecule has 2 fully saturated rings. The summed E-state index contributed by atoms with van der Waals surface area (Å²) in [5.41, 5.74) is 5.25. The molecule has 1 aromatic carbocycles. The van der Waals surface area contributed by atoms with Gasteiger partial charge in [-0.05, 0) is 86.5 Å². The van der Waals surface area contributed by atoms with Crippen molar-refractivity contribution in [3.63, 3.8) is 0 Å². The van der Waals surface area contributed by atoms with E-state index in [0.29, 0.717) is 24.7 Å². The lowest BCUT2D eigenvalue weighted by Crippen LogP contribution is -2.27. The maximum Gasteiger partial charge on any atom is 0.0811 e. The smallest absolute Gasteiger partial charge is 0.0811 e. The molecule has 0 spiro atoms. The number of aliphatic hydroxyl groups excluding tert-OH is 2. The third-order valence-corrected chi connectivity index (χ3v) is 6.89. The van der Waals surface area contributed by atoms with E-state index >= 15 is 0 Å². The minimum absolute atomic E-state index is 0.382. The summed E-state index contributed by atoms with van der Waals surface area (Å²) in [6, 6.07) is 8.70. The molecule has 3 N–H and O–H groups in total. The first-order valence-corrected chi connectivity index (χ1v) is 11.4. The van der Waals surface area contributed by atoms with E-state index in [-0.39, 0.29) is 0 Å². The minimum Gasteiger partial charge on any atom is -0.393 e. The van der Waals surface area contributed by atoms with Crippen molar-refractivity contribution < 1.29 is 15.3 Å². The van der Waals surface area contributed by atoms with Crippen LogP contribution >= 0.6 is 0 Å². The van der Waals surface area contributed by atoms with Crippen LogP contribution in [0.5, 0.6) is 0 Å². The van der Waals surface area contributed by atoms with Crippen molar-refractivity contribution in [3.8, 4) is 0 Å². The molecule has 0 aliphatic heterocycles. The van der Waals surface area contributed by atoms with Crippen LogP contribution in [0.15, 0.2) is 59.7 Å². The average Bonchev–Trinajstić information content (AvgIpc) is 2.68. The lowest BCUT2D eigenvalue weighted by molar-refractivity contribution is 0.0713. The molecule has 3 rings (SSSR count). The molecule has 4 atom stereocenters. The molecule has 0 radical (unpaired) electrons. The van der Waals surface area contributed by atoms with Gasteiger partial charge in [0.05, 0.1) is 17.8 Å². The van der Waals surface area contributed by atoms with Gasteiger partial charge in [-0.3, -0.25) is 0 Å². The zero-order valence-corrected chi connectivity index (χ0v) is 18.8. The van der Waals surface area contributed by atoms with Crippen LogP contribution in [0, 0.1) is 5.92 Å². The monoisotopic (exact) mass is 410 g/mol. The molecular weight excluding hydrogens is 372 g/mol. The highest BCUT2D eigenvalue weighted by Gasteiger charge is 2.29. The maximum atomic E-state index is 10.2. The summed E-state index contributed by atoms with van der Waals surface area (Å²) in [6.45, 7) is 10.1. The number of aliphatic hydroxyl groups is 3. The number of aryl methyl sites for hydroxylation is 1. The molecule has 2 aliphatic carbocycles. The Balaban J connectivity index is 1.81. The number of hydrogen-bond acceptors (Lipinski definition) is 3. The van der Waals surface area contributed by atoms with Crippen LogP contribution in [0.3, 0.4) is 0 Å². The van der Waals surface area contributed by atoms with Crippen molar-refractivity contribution in [1.29, 1.82) is 0 Å². The van der Waals surface area contributed by atoms with Gasteiger partial charge in [0.2, 0.25) is 0 Å². The Morgan fingerprint density at radius 1 is 1.17 bits per heavy atom. The van der Waals surface area contributed by atoms with Crippen molar-refractivity contribution in [1.82, 2.24) is 0 Å². The van der Waals surface area contributed by atoms with Crippen LogP contribution in [0.1, 0.15) is 76.3 Å². The molecule has 0 unspecified atom stereocenters. The Kier molecular flexibility index (Phi) is 7.38. The zero-order valence-electron chi connectivity index (χ0n) is 18.8. The Morgan fingerprint density at radius 2 is 1.90 bits per heavy atom. The molecule has 0 amide bonds. The predicted octanol–water partition coefficient (Wildman–Crippen LogP) is 5.22. The Bertz CT molecular complexity index is 812. The van der Waals surface area contributed by atoms with Gasteiger partial charge in [0.25, 0.3) is 0 Å². The van der Waals surface area contributed by atoms with Gasteiger partial charge >= 0.3 is 0 Å². The third kappa shape index (κ3) is 5.72. The summed E-state index contributed by atoms with van der Waals surface area (Å²) in [7, 11) is 0. The molecule has 30 heavy (non-hydrogen) atoms. The van der Waals surface area contributed by atoms with Crippen LogP contribution < -0.4 is 0 Å². The first-order valence-electron chi connectivity index (χ1n) is 11.4. The number of hydrogen-bond donors (Lipinski definition) is 3. The lowest BCUT2D eigenvalue weighted by atomic mass is 9.71. The second-order valence-corrected chi connectivity index (χ2v) is 9.87. The summed E-state index contributed by atoms with van der Waals surface area (Å²) in [6.07, 6.45) is 9.17. The minimum atomic E-state index is -0.653. The standard InChI is InChI=1S/C27H38O3/c1-18-20(12-13-22-16-23(28)17-26(29)19(22)2)9-7-11-24(18)25-10-6-5-8-21(25)14-15-27(3,4)30/h5-6,8,10,12-13,18,23-24,26,28-30H,2,7,9,11,14-17H2,1,3-4H3/b20-12+,22-13-/t18-,23+,24-,26-/m0/s1. The van der Waals surface area contributed by atoms with Crippen LogP contribution in [0.25, 0.3) is 0 Å². The first kappa shape index (κ1) is 23.0. The molecule has 0 saturated heterocycles. The van der Waals surface area contributed by atoms with E-state index in [1.54, 1.807) is 0 Å². The van der Waals surface area contributed by atoms with E-state index in [1.165, 1.54) is 23.1 Å². The summed E-state index contributed by atoms with van der Waals surface area (Å²) in [5.74, 6) is 0.915. The lowest BCUT2D eigenvalue weighted by Gasteiger charge is -2.33. The summed E-state index contributed by atoms with van der Waals surface area (Å²) in [5, 5.41) is 30.3. The van der Waals surface area contributed by atoms with Gasteiger partial charge in [-0.25, -0.2) is 0 Å². The highest BCUT2D eigenvalue weighted by atomic mass is 16.3. The maximum absolute atomic E-state index is 10.2. The second-order valence-electron chi connectivity index (χ2n) is 9.87. The number of rotatable bonds is 5.